The normalized spacial score (nSPS) is 25.1. The Hall–Kier alpha value is -1.02. The Morgan fingerprint density at radius 3 is 2.53 bits per heavy atom. The first-order valence-electron chi connectivity index (χ1n) is 6.77. The molecule has 0 radical (unpaired) electrons. The van der Waals surface area contributed by atoms with Crippen LogP contribution in [-0.4, -0.2) is 24.1 Å². The second-order valence-electron chi connectivity index (χ2n) is 5.59. The van der Waals surface area contributed by atoms with Gasteiger partial charge in [0.05, 0.1) is 6.10 Å². The van der Waals surface area contributed by atoms with Crippen molar-refractivity contribution in [3.05, 3.63) is 29.8 Å². The van der Waals surface area contributed by atoms with Crippen LogP contribution in [0, 0.1) is 5.92 Å². The van der Waals surface area contributed by atoms with Crippen molar-refractivity contribution in [3.8, 4) is 5.75 Å². The monoisotopic (exact) mass is 231 g/mol. The Bertz CT molecular complexity index is 369. The van der Waals surface area contributed by atoms with Gasteiger partial charge in [0.1, 0.15) is 5.75 Å². The Morgan fingerprint density at radius 1 is 1.18 bits per heavy atom. The molecule has 17 heavy (non-hydrogen) atoms. The highest BCUT2D eigenvalue weighted by atomic mass is 16.5. The molecular formula is C15H21NO. The molecule has 1 aromatic carbocycles. The van der Waals surface area contributed by atoms with Crippen LogP contribution in [0.25, 0.3) is 0 Å². The van der Waals surface area contributed by atoms with Gasteiger partial charge in [-0.15, -0.1) is 0 Å². The first-order chi connectivity index (χ1) is 8.29. The fourth-order valence-electron chi connectivity index (χ4n) is 2.48. The molecule has 1 atom stereocenters. The van der Waals surface area contributed by atoms with Crippen LogP contribution in [0.5, 0.6) is 5.75 Å². The summed E-state index contributed by atoms with van der Waals surface area (Å²) < 4.78 is 5.75. The molecule has 1 aromatic rings. The van der Waals surface area contributed by atoms with E-state index in [4.69, 9.17) is 4.74 Å². The van der Waals surface area contributed by atoms with Gasteiger partial charge in [0.25, 0.3) is 0 Å². The average molecular weight is 231 g/mol. The van der Waals surface area contributed by atoms with Crippen LogP contribution in [-0.2, 0) is 6.54 Å². The predicted octanol–water partition coefficient (Wildman–Crippen LogP) is 3.07. The van der Waals surface area contributed by atoms with Crippen molar-refractivity contribution in [2.45, 2.75) is 38.8 Å². The zero-order chi connectivity index (χ0) is 11.7. The van der Waals surface area contributed by atoms with Crippen molar-refractivity contribution < 1.29 is 4.74 Å². The lowest BCUT2D eigenvalue weighted by molar-refractivity contribution is 0.302. The van der Waals surface area contributed by atoms with Crippen LogP contribution < -0.4 is 4.74 Å². The molecule has 3 rings (SSSR count). The molecule has 2 fully saturated rings. The van der Waals surface area contributed by atoms with E-state index in [9.17, 15) is 0 Å². The van der Waals surface area contributed by atoms with E-state index in [2.05, 4.69) is 36.1 Å². The van der Waals surface area contributed by atoms with Crippen LogP contribution >= 0.6 is 0 Å². The molecule has 2 heteroatoms. The third kappa shape index (κ3) is 3.01. The van der Waals surface area contributed by atoms with Crippen LogP contribution in [0.1, 0.15) is 31.7 Å². The molecule has 1 unspecified atom stereocenters. The van der Waals surface area contributed by atoms with E-state index in [0.29, 0.717) is 6.10 Å². The third-order valence-electron chi connectivity index (χ3n) is 3.66. The van der Waals surface area contributed by atoms with Crippen molar-refractivity contribution in [3.63, 3.8) is 0 Å². The zero-order valence-electron chi connectivity index (χ0n) is 10.6. The number of hydrogen-bond acceptors (Lipinski definition) is 2. The van der Waals surface area contributed by atoms with E-state index in [0.717, 1.165) is 18.2 Å². The number of benzene rings is 1. The molecule has 92 valence electrons. The highest BCUT2D eigenvalue weighted by Gasteiger charge is 2.23. The smallest absolute Gasteiger partial charge is 0.119 e. The molecule has 1 aliphatic carbocycles. The van der Waals surface area contributed by atoms with Gasteiger partial charge in [0.15, 0.2) is 0 Å². The average Bonchev–Trinajstić information content (AvgIpc) is 3.04. The largest absolute Gasteiger partial charge is 0.490 e. The van der Waals surface area contributed by atoms with Crippen LogP contribution in [0.2, 0.25) is 0 Å². The van der Waals surface area contributed by atoms with Gasteiger partial charge in [-0.2, -0.15) is 0 Å². The number of rotatable bonds is 4. The summed E-state index contributed by atoms with van der Waals surface area (Å²) in [6.45, 7) is 5.93. The number of likely N-dealkylation sites (tertiary alicyclic amines) is 1. The van der Waals surface area contributed by atoms with E-state index in [-0.39, 0.29) is 0 Å². The summed E-state index contributed by atoms with van der Waals surface area (Å²) in [7, 11) is 0. The van der Waals surface area contributed by atoms with Crippen molar-refractivity contribution in [1.29, 1.82) is 0 Å². The lowest BCUT2D eigenvalue weighted by atomic mass is 10.2. The fraction of sp³-hybridized carbons (Fsp3) is 0.600. The number of ether oxygens (including phenoxy) is 1. The molecule has 0 N–H and O–H groups in total. The van der Waals surface area contributed by atoms with E-state index < -0.39 is 0 Å². The van der Waals surface area contributed by atoms with Crippen molar-refractivity contribution in [1.82, 2.24) is 4.90 Å². The molecule has 2 nitrogen and oxygen atoms in total. The van der Waals surface area contributed by atoms with Gasteiger partial charge in [-0.3, -0.25) is 4.90 Å². The summed E-state index contributed by atoms with van der Waals surface area (Å²) in [5.41, 5.74) is 1.40. The topological polar surface area (TPSA) is 12.5 Å². The van der Waals surface area contributed by atoms with Crippen LogP contribution in [0.15, 0.2) is 24.3 Å². The van der Waals surface area contributed by atoms with Gasteiger partial charge < -0.3 is 4.74 Å². The Balaban J connectivity index is 1.55. The SMILES string of the molecule is CC1CCN(Cc2ccc(OC3CC3)cc2)C1. The number of nitrogens with zero attached hydrogens (tertiary/aromatic N) is 1. The quantitative estimate of drug-likeness (QED) is 0.789. The van der Waals surface area contributed by atoms with Gasteiger partial charge >= 0.3 is 0 Å². The Morgan fingerprint density at radius 2 is 1.94 bits per heavy atom. The summed E-state index contributed by atoms with van der Waals surface area (Å²) in [4.78, 5) is 2.54. The second-order valence-corrected chi connectivity index (χ2v) is 5.59. The molecule has 0 bridgehead atoms. The molecular weight excluding hydrogens is 210 g/mol. The van der Waals surface area contributed by atoms with Gasteiger partial charge in [-0.05, 0) is 49.4 Å². The molecule has 1 heterocycles. The molecule has 1 saturated carbocycles. The lowest BCUT2D eigenvalue weighted by Gasteiger charge is -2.15. The fourth-order valence-corrected chi connectivity index (χ4v) is 2.48. The summed E-state index contributed by atoms with van der Waals surface area (Å²) in [6, 6.07) is 8.65. The minimum atomic E-state index is 0.500. The minimum Gasteiger partial charge on any atom is -0.490 e. The van der Waals surface area contributed by atoms with Crippen molar-refractivity contribution in [2.24, 2.45) is 5.92 Å². The molecule has 0 amide bonds. The first kappa shape index (κ1) is 11.1. The maximum atomic E-state index is 5.75. The summed E-state index contributed by atoms with van der Waals surface area (Å²) in [6.07, 6.45) is 4.31. The Kier molecular flexibility index (Phi) is 3.06. The standard InChI is InChI=1S/C15H21NO/c1-12-8-9-16(10-12)11-13-2-4-14(5-3-13)17-15-6-7-15/h2-5,12,15H,6-11H2,1H3. The molecule has 1 saturated heterocycles. The minimum absolute atomic E-state index is 0.500. The van der Waals surface area contributed by atoms with E-state index >= 15 is 0 Å². The van der Waals surface area contributed by atoms with E-state index in [1.54, 1.807) is 0 Å². The lowest BCUT2D eigenvalue weighted by Crippen LogP contribution is -2.19. The predicted molar refractivity (Wildman–Crippen MR) is 69.2 cm³/mol. The zero-order valence-corrected chi connectivity index (χ0v) is 10.6. The third-order valence-corrected chi connectivity index (χ3v) is 3.66. The Labute approximate surface area is 104 Å². The van der Waals surface area contributed by atoms with Gasteiger partial charge in [-0.1, -0.05) is 19.1 Å². The van der Waals surface area contributed by atoms with E-state index in [1.165, 1.54) is 37.9 Å². The summed E-state index contributed by atoms with van der Waals surface area (Å²) in [5, 5.41) is 0. The van der Waals surface area contributed by atoms with Crippen LogP contribution in [0.4, 0.5) is 0 Å². The highest BCUT2D eigenvalue weighted by molar-refractivity contribution is 5.27. The van der Waals surface area contributed by atoms with Crippen molar-refractivity contribution in [2.75, 3.05) is 13.1 Å². The summed E-state index contributed by atoms with van der Waals surface area (Å²) in [5.74, 6) is 1.90. The van der Waals surface area contributed by atoms with Crippen LogP contribution in [0.3, 0.4) is 0 Å². The first-order valence-corrected chi connectivity index (χ1v) is 6.77. The molecule has 0 spiro atoms. The van der Waals surface area contributed by atoms with Gasteiger partial charge in [0.2, 0.25) is 0 Å². The maximum absolute atomic E-state index is 5.75. The second kappa shape index (κ2) is 4.69. The summed E-state index contributed by atoms with van der Waals surface area (Å²) >= 11 is 0. The maximum Gasteiger partial charge on any atom is 0.119 e. The van der Waals surface area contributed by atoms with Gasteiger partial charge in [-0.25, -0.2) is 0 Å². The molecule has 1 aliphatic heterocycles. The van der Waals surface area contributed by atoms with E-state index in [1.807, 2.05) is 0 Å². The van der Waals surface area contributed by atoms with Gasteiger partial charge in [0, 0.05) is 13.1 Å². The number of hydrogen-bond donors (Lipinski definition) is 0. The molecule has 0 aromatic heterocycles. The highest BCUT2D eigenvalue weighted by Crippen LogP contribution is 2.27. The van der Waals surface area contributed by atoms with Crippen molar-refractivity contribution >= 4 is 0 Å². The molecule has 2 aliphatic rings.